The maximum atomic E-state index is 12.2. The topological polar surface area (TPSA) is 247 Å². The first kappa shape index (κ1) is 39.0. The van der Waals surface area contributed by atoms with Gasteiger partial charge in [-0.05, 0) is 53.6 Å². The van der Waals surface area contributed by atoms with Gasteiger partial charge in [-0.2, -0.15) is 20.5 Å². The summed E-state index contributed by atoms with van der Waals surface area (Å²) in [6, 6.07) is 4.35. The molecule has 0 aliphatic rings. The average molecular weight is 835 g/mol. The number of nitrogens with zero attached hydrogens (tertiary/aromatic N) is 10. The third-order valence-corrected chi connectivity index (χ3v) is 7.02. The Hall–Kier alpha value is -2.03. The van der Waals surface area contributed by atoms with E-state index >= 15 is 0 Å². The molecule has 2 atom stereocenters. The number of nitrogens with two attached hydrogens (primary N) is 4. The summed E-state index contributed by atoms with van der Waals surface area (Å²) in [4.78, 5) is 24.3. The van der Waals surface area contributed by atoms with Crippen LogP contribution in [0, 0.1) is 3.57 Å². The molecule has 8 N–H and O–H groups in total. The molecule has 2 aromatic rings. The van der Waals surface area contributed by atoms with E-state index in [1.807, 2.05) is 0 Å². The highest BCUT2D eigenvalue weighted by Crippen LogP contribution is 2.33. The molecule has 43 heavy (non-hydrogen) atoms. The van der Waals surface area contributed by atoms with E-state index in [2.05, 4.69) is 63.9 Å². The Kier molecular flexibility index (Phi) is 17.6. The summed E-state index contributed by atoms with van der Waals surface area (Å²) in [6.45, 7) is 1.17. The Bertz CT molecular complexity index is 1290. The summed E-state index contributed by atoms with van der Waals surface area (Å²) >= 11 is 36.0. The zero-order chi connectivity index (χ0) is 32.6. The number of ketones is 2. The van der Waals surface area contributed by atoms with Crippen molar-refractivity contribution in [2.24, 2.45) is 64.7 Å². The number of hydrogen-bond donors (Lipinski definition) is 4. The molecule has 0 radical (unpaired) electrons. The van der Waals surface area contributed by atoms with Crippen molar-refractivity contribution >= 4 is 104 Å². The van der Waals surface area contributed by atoms with Crippen LogP contribution < -0.4 is 23.4 Å². The van der Waals surface area contributed by atoms with Gasteiger partial charge in [0, 0.05) is 16.0 Å². The molecular formula is C20H27Cl6IN14O2. The number of alkyl halides is 6. The molecule has 0 aliphatic heterocycles. The van der Waals surface area contributed by atoms with E-state index in [-0.39, 0.29) is 36.6 Å². The SMILES string of the molecule is NN=NCC[C@@H](CN=NN)n1cc(I)cc1C(=O)C(Cl)(Cl)Cl.NN=NCC[C@@H](CN=NN)n1cccc1C(=O)C(Cl)(Cl)Cl. The lowest BCUT2D eigenvalue weighted by molar-refractivity contribution is 0.0977. The largest absolute Gasteiger partial charge is 0.340 e. The Balaban J connectivity index is 0.000000430. The van der Waals surface area contributed by atoms with E-state index in [0.29, 0.717) is 25.9 Å². The van der Waals surface area contributed by atoms with Gasteiger partial charge >= 0.3 is 0 Å². The Morgan fingerprint density at radius 1 is 0.744 bits per heavy atom. The maximum Gasteiger partial charge on any atom is 0.255 e. The van der Waals surface area contributed by atoms with Gasteiger partial charge in [0.25, 0.3) is 7.59 Å². The maximum absolute atomic E-state index is 12.2. The lowest BCUT2D eigenvalue weighted by Gasteiger charge is -2.20. The highest BCUT2D eigenvalue weighted by atomic mass is 127. The van der Waals surface area contributed by atoms with Crippen molar-refractivity contribution in [1.29, 1.82) is 0 Å². The smallest absolute Gasteiger partial charge is 0.255 e. The number of aromatic nitrogens is 2. The molecule has 2 aromatic heterocycles. The van der Waals surface area contributed by atoms with Crippen molar-refractivity contribution < 1.29 is 9.59 Å². The minimum absolute atomic E-state index is 0.238. The Labute approximate surface area is 289 Å². The van der Waals surface area contributed by atoms with Crippen LogP contribution in [0.2, 0.25) is 0 Å². The summed E-state index contributed by atoms with van der Waals surface area (Å²) < 4.78 is 0.0473. The van der Waals surface area contributed by atoms with Crippen LogP contribution in [0.15, 0.2) is 71.9 Å². The molecule has 238 valence electrons. The molecule has 0 unspecified atom stereocenters. The molecule has 0 spiro atoms. The van der Waals surface area contributed by atoms with Crippen molar-refractivity contribution in [2.45, 2.75) is 32.5 Å². The first-order chi connectivity index (χ1) is 20.2. The fourth-order valence-electron chi connectivity index (χ4n) is 3.57. The van der Waals surface area contributed by atoms with Gasteiger partial charge in [-0.25, -0.2) is 0 Å². The number of rotatable bonds is 14. The van der Waals surface area contributed by atoms with Gasteiger partial charge in [-0.15, -0.1) is 0 Å². The third-order valence-electron chi connectivity index (χ3n) is 5.40. The van der Waals surface area contributed by atoms with E-state index in [0.717, 1.165) is 3.57 Å². The molecule has 2 rings (SSSR count). The zero-order valence-corrected chi connectivity index (χ0v) is 28.7. The van der Waals surface area contributed by atoms with Crippen LogP contribution in [-0.4, -0.2) is 54.5 Å². The van der Waals surface area contributed by atoms with Gasteiger partial charge in [0.15, 0.2) is 0 Å². The summed E-state index contributed by atoms with van der Waals surface area (Å²) in [5.41, 5.74) is 0.503. The predicted octanol–water partition coefficient (Wildman–Crippen LogP) is 5.85. The quantitative estimate of drug-likeness (QED) is 0.0453. The van der Waals surface area contributed by atoms with Crippen molar-refractivity contribution in [2.75, 3.05) is 26.2 Å². The number of carbonyl (C=O) groups is 2. The van der Waals surface area contributed by atoms with Crippen molar-refractivity contribution in [3.05, 3.63) is 45.6 Å². The lowest BCUT2D eigenvalue weighted by atomic mass is 10.2. The second kappa shape index (κ2) is 19.4. The van der Waals surface area contributed by atoms with Crippen molar-refractivity contribution in [3.63, 3.8) is 0 Å². The van der Waals surface area contributed by atoms with E-state index in [1.54, 1.807) is 39.7 Å². The molecule has 0 saturated carbocycles. The van der Waals surface area contributed by atoms with E-state index in [1.165, 1.54) is 0 Å². The minimum Gasteiger partial charge on any atom is -0.340 e. The molecule has 0 fully saturated rings. The van der Waals surface area contributed by atoms with Crippen LogP contribution in [-0.2, 0) is 0 Å². The standard InChI is InChI=1S/C10H13Cl3IN7O.C10H14Cl3N7O/c11-10(12,13)9(22)8-3-6(14)5-21(8)7(4-18-20-16)1-2-17-19-15;11-10(12,13)9(21)8-2-1-5-20(8)7(6-17-19-15)3-4-16-18-14/h3,5,7H,1-2,4H2,(H2,15,17)(H2,16,18);1-2,5,7H,3-4,6H2,(H2,14,16)(H2,15,17)/t2*7-/m00/s1. The molecule has 0 amide bonds. The molecular weight excluding hydrogens is 808 g/mol. The van der Waals surface area contributed by atoms with Crippen LogP contribution >= 0.6 is 92.2 Å². The molecule has 0 saturated heterocycles. The molecule has 0 bridgehead atoms. The summed E-state index contributed by atoms with van der Waals surface area (Å²) in [7, 11) is 0. The van der Waals surface area contributed by atoms with E-state index in [9.17, 15) is 9.59 Å². The second-order valence-electron chi connectivity index (χ2n) is 8.13. The van der Waals surface area contributed by atoms with Gasteiger partial charge in [-0.3, -0.25) is 9.59 Å². The summed E-state index contributed by atoms with van der Waals surface area (Å²) in [5.74, 6) is 18.7. The van der Waals surface area contributed by atoms with Crippen LogP contribution in [0.1, 0.15) is 45.9 Å². The fraction of sp³-hybridized carbons (Fsp3) is 0.500. The first-order valence-corrected chi connectivity index (χ1v) is 15.1. The summed E-state index contributed by atoms with van der Waals surface area (Å²) in [6.07, 6.45) is 4.44. The van der Waals surface area contributed by atoms with Gasteiger partial charge in [0.1, 0.15) is 0 Å². The molecule has 0 aromatic carbocycles. The van der Waals surface area contributed by atoms with Gasteiger partial charge in [0.05, 0.1) is 49.7 Å². The Morgan fingerprint density at radius 3 is 1.63 bits per heavy atom. The monoisotopic (exact) mass is 832 g/mol. The van der Waals surface area contributed by atoms with Gasteiger partial charge in [-0.1, -0.05) is 90.5 Å². The number of Topliss-reactive ketones (excluding diaryl/α,β-unsaturated/α-hetero) is 2. The lowest BCUT2D eigenvalue weighted by Crippen LogP contribution is -2.25. The first-order valence-electron chi connectivity index (χ1n) is 11.8. The van der Waals surface area contributed by atoms with Gasteiger partial charge < -0.3 is 32.5 Å². The number of halogens is 7. The fourth-order valence-corrected chi connectivity index (χ4v) is 4.75. The van der Waals surface area contributed by atoms with E-state index < -0.39 is 19.2 Å². The van der Waals surface area contributed by atoms with Crippen LogP contribution in [0.25, 0.3) is 0 Å². The van der Waals surface area contributed by atoms with Gasteiger partial charge in [0.2, 0.25) is 11.6 Å². The van der Waals surface area contributed by atoms with Crippen LogP contribution in [0.5, 0.6) is 0 Å². The highest BCUT2D eigenvalue weighted by Gasteiger charge is 2.35. The zero-order valence-electron chi connectivity index (χ0n) is 22.0. The van der Waals surface area contributed by atoms with Crippen molar-refractivity contribution in [3.8, 4) is 0 Å². The molecule has 23 heteroatoms. The average Bonchev–Trinajstić information content (AvgIpc) is 3.58. The number of carbonyl (C=O) groups excluding carboxylic acids is 2. The highest BCUT2D eigenvalue weighted by molar-refractivity contribution is 14.1. The van der Waals surface area contributed by atoms with Crippen LogP contribution in [0.3, 0.4) is 0 Å². The van der Waals surface area contributed by atoms with Crippen molar-refractivity contribution in [1.82, 2.24) is 9.13 Å². The van der Waals surface area contributed by atoms with Crippen LogP contribution in [0.4, 0.5) is 0 Å². The summed E-state index contributed by atoms with van der Waals surface area (Å²) in [5, 5.41) is 27.7. The van der Waals surface area contributed by atoms with E-state index in [4.69, 9.17) is 93.0 Å². The molecule has 0 aliphatic carbocycles. The normalized spacial score (nSPS) is 14.0. The molecule has 16 nitrogen and oxygen atoms in total. The Morgan fingerprint density at radius 2 is 1.19 bits per heavy atom. The minimum atomic E-state index is -2.05. The second-order valence-corrected chi connectivity index (χ2v) is 13.9. The predicted molar refractivity (Wildman–Crippen MR) is 174 cm³/mol. The molecule has 2 heterocycles. The number of hydrogen-bond acceptors (Lipinski definition) is 10. The third kappa shape index (κ3) is 13.2.